The molecule has 0 spiro atoms. The summed E-state index contributed by atoms with van der Waals surface area (Å²) in [6.07, 6.45) is 10.5. The lowest BCUT2D eigenvalue weighted by molar-refractivity contribution is -0.140. The lowest BCUT2D eigenvalue weighted by Gasteiger charge is -2.23. The summed E-state index contributed by atoms with van der Waals surface area (Å²) < 4.78 is 16.9. The summed E-state index contributed by atoms with van der Waals surface area (Å²) in [6, 6.07) is 10.4. The second-order valence-corrected chi connectivity index (χ2v) is 10.5. The molecule has 2 aromatic heterocycles. The number of nitrogens with one attached hydrogen (secondary N) is 2. The first-order valence-corrected chi connectivity index (χ1v) is 14.1. The zero-order chi connectivity index (χ0) is 25.9. The molecule has 1 saturated carbocycles. The molecule has 0 amide bonds. The molecule has 2 N–H and O–H groups in total. The van der Waals surface area contributed by atoms with E-state index in [2.05, 4.69) is 15.4 Å². The Morgan fingerprint density at radius 3 is 2.57 bits per heavy atom. The van der Waals surface area contributed by atoms with Crippen LogP contribution in [0.5, 0.6) is 5.75 Å². The minimum absolute atomic E-state index is 0.140. The predicted octanol–water partition coefficient (Wildman–Crippen LogP) is 6.83. The largest absolute Gasteiger partial charge is 0.494 e. The van der Waals surface area contributed by atoms with E-state index in [1.54, 1.807) is 18.4 Å². The lowest BCUT2D eigenvalue weighted by atomic mass is 9.95. The first-order valence-electron chi connectivity index (χ1n) is 13.3. The monoisotopic (exact) mass is 526 g/mol. The Morgan fingerprint density at radius 2 is 1.81 bits per heavy atom. The number of unbranched alkanes of at least 4 members (excludes halogenated alkanes) is 3. The van der Waals surface area contributed by atoms with E-state index in [9.17, 15) is 4.79 Å². The molecule has 0 radical (unpaired) electrons. The van der Waals surface area contributed by atoms with Crippen molar-refractivity contribution < 1.29 is 19.0 Å². The number of ether oxygens (including phenoxy) is 3. The highest BCUT2D eigenvalue weighted by atomic mass is 32.1. The molecular weight excluding hydrogens is 488 g/mol. The number of carbonyl (C=O) groups is 1. The van der Waals surface area contributed by atoms with Gasteiger partial charge in [0, 0.05) is 31.3 Å². The fourth-order valence-electron chi connectivity index (χ4n) is 4.57. The second kappa shape index (κ2) is 14.1. The number of hydrogen-bond donors (Lipinski definition) is 2. The van der Waals surface area contributed by atoms with Crippen LogP contribution in [-0.2, 0) is 20.9 Å². The van der Waals surface area contributed by atoms with Crippen molar-refractivity contribution in [1.82, 2.24) is 9.97 Å². The Balaban J connectivity index is 1.34. The Hall–Kier alpha value is -2.91. The quantitative estimate of drug-likeness (QED) is 0.174. The zero-order valence-corrected chi connectivity index (χ0v) is 22.7. The molecule has 9 heteroatoms. The van der Waals surface area contributed by atoms with Gasteiger partial charge in [-0.05, 0) is 49.9 Å². The van der Waals surface area contributed by atoms with Gasteiger partial charge in [0.15, 0.2) is 0 Å². The fraction of sp³-hybridized carbons (Fsp3) is 0.536. The van der Waals surface area contributed by atoms with Crippen LogP contribution in [0.1, 0.15) is 69.2 Å². The van der Waals surface area contributed by atoms with Gasteiger partial charge in [0.2, 0.25) is 0 Å². The Kier molecular flexibility index (Phi) is 10.4. The Labute approximate surface area is 223 Å². The molecule has 200 valence electrons. The van der Waals surface area contributed by atoms with Crippen molar-refractivity contribution in [3.63, 3.8) is 0 Å². The van der Waals surface area contributed by atoms with Gasteiger partial charge in [0.05, 0.1) is 30.5 Å². The molecule has 3 aromatic rings. The molecule has 8 nitrogen and oxygen atoms in total. The molecule has 1 aliphatic carbocycles. The highest BCUT2D eigenvalue weighted by molar-refractivity contribution is 7.19. The van der Waals surface area contributed by atoms with Crippen molar-refractivity contribution in [1.29, 1.82) is 0 Å². The summed E-state index contributed by atoms with van der Waals surface area (Å²) in [5.41, 5.74) is 1.87. The SMILES string of the molecule is COCc1nc2cc(Nc3ccc(OCCCCCCC(=O)OC)cc3)nc(NC3CCCCC3)c2s1. The fourth-order valence-corrected chi connectivity index (χ4v) is 5.53. The number of methoxy groups -OCH3 is 2. The topological polar surface area (TPSA) is 94.6 Å². The zero-order valence-electron chi connectivity index (χ0n) is 21.9. The van der Waals surface area contributed by atoms with Crippen LogP contribution in [0.2, 0.25) is 0 Å². The summed E-state index contributed by atoms with van der Waals surface area (Å²) in [5, 5.41) is 8.09. The Bertz CT molecular complexity index is 1130. The molecule has 0 saturated heterocycles. The van der Waals surface area contributed by atoms with Gasteiger partial charge in [-0.25, -0.2) is 9.97 Å². The van der Waals surface area contributed by atoms with Crippen LogP contribution in [0.4, 0.5) is 17.3 Å². The van der Waals surface area contributed by atoms with E-state index in [1.807, 2.05) is 30.3 Å². The van der Waals surface area contributed by atoms with Crippen LogP contribution in [0.3, 0.4) is 0 Å². The van der Waals surface area contributed by atoms with Crippen LogP contribution in [0, 0.1) is 0 Å². The number of anilines is 3. The van der Waals surface area contributed by atoms with Crippen LogP contribution >= 0.6 is 11.3 Å². The first kappa shape index (κ1) is 27.1. The molecule has 1 aliphatic rings. The average molecular weight is 527 g/mol. The van der Waals surface area contributed by atoms with Crippen molar-refractivity contribution in [3.8, 4) is 5.75 Å². The normalized spacial score (nSPS) is 14.0. The number of nitrogens with zero attached hydrogens (tertiary/aromatic N) is 2. The van der Waals surface area contributed by atoms with E-state index < -0.39 is 0 Å². The molecule has 1 fully saturated rings. The van der Waals surface area contributed by atoms with Gasteiger partial charge in [0.25, 0.3) is 0 Å². The van der Waals surface area contributed by atoms with Crippen molar-refractivity contribution in [2.45, 2.75) is 76.9 Å². The van der Waals surface area contributed by atoms with Gasteiger partial charge in [-0.1, -0.05) is 32.1 Å². The highest BCUT2D eigenvalue weighted by Crippen LogP contribution is 2.33. The first-order chi connectivity index (χ1) is 18.1. The van der Waals surface area contributed by atoms with Crippen molar-refractivity contribution in [2.75, 3.05) is 31.5 Å². The summed E-state index contributed by atoms with van der Waals surface area (Å²) in [4.78, 5) is 20.9. The summed E-state index contributed by atoms with van der Waals surface area (Å²) >= 11 is 1.64. The number of thiazole rings is 1. The molecular formula is C28H38N4O4S. The van der Waals surface area contributed by atoms with E-state index >= 15 is 0 Å². The maximum absolute atomic E-state index is 11.1. The number of pyridine rings is 1. The highest BCUT2D eigenvalue weighted by Gasteiger charge is 2.18. The van der Waals surface area contributed by atoms with Crippen LogP contribution in [-0.4, -0.2) is 42.8 Å². The average Bonchev–Trinajstić information content (AvgIpc) is 3.32. The summed E-state index contributed by atoms with van der Waals surface area (Å²) in [5.74, 6) is 2.37. The molecule has 4 rings (SSSR count). The standard InChI is InChI=1S/C28H38N4O4S/c1-34-19-25-31-23-18-24(32-28(27(23)37-25)30-20-10-6-5-7-11-20)29-21-13-15-22(16-14-21)36-17-9-4-3-8-12-26(33)35-2/h13-16,18,20H,3-12,17,19H2,1-2H3,(H2,29,30,32). The van der Waals surface area contributed by atoms with E-state index in [-0.39, 0.29) is 5.97 Å². The number of hydrogen-bond acceptors (Lipinski definition) is 9. The molecule has 1 aromatic carbocycles. The lowest BCUT2D eigenvalue weighted by Crippen LogP contribution is -2.23. The maximum atomic E-state index is 11.1. The number of aromatic nitrogens is 2. The minimum Gasteiger partial charge on any atom is -0.494 e. The van der Waals surface area contributed by atoms with Gasteiger partial charge < -0.3 is 24.8 Å². The minimum atomic E-state index is -0.140. The Morgan fingerprint density at radius 1 is 1.03 bits per heavy atom. The third kappa shape index (κ3) is 8.30. The maximum Gasteiger partial charge on any atom is 0.305 e. The summed E-state index contributed by atoms with van der Waals surface area (Å²) in [6.45, 7) is 1.16. The molecule has 0 unspecified atom stereocenters. The molecule has 0 aliphatic heterocycles. The molecule has 0 bridgehead atoms. The number of carbonyl (C=O) groups excluding carboxylic acids is 1. The summed E-state index contributed by atoms with van der Waals surface area (Å²) in [7, 11) is 3.12. The van der Waals surface area contributed by atoms with Gasteiger partial charge >= 0.3 is 5.97 Å². The molecule has 0 atom stereocenters. The number of rotatable bonds is 14. The molecule has 37 heavy (non-hydrogen) atoms. The number of benzene rings is 1. The van der Waals surface area contributed by atoms with Crippen molar-refractivity contribution in [2.24, 2.45) is 0 Å². The third-order valence-electron chi connectivity index (χ3n) is 6.53. The second-order valence-electron chi connectivity index (χ2n) is 9.46. The van der Waals surface area contributed by atoms with Crippen LogP contribution < -0.4 is 15.4 Å². The van der Waals surface area contributed by atoms with Gasteiger partial charge in [-0.15, -0.1) is 11.3 Å². The van der Waals surface area contributed by atoms with Crippen LogP contribution in [0.15, 0.2) is 30.3 Å². The van der Waals surface area contributed by atoms with Gasteiger partial charge in [-0.2, -0.15) is 0 Å². The van der Waals surface area contributed by atoms with Crippen molar-refractivity contribution in [3.05, 3.63) is 35.3 Å². The van der Waals surface area contributed by atoms with Gasteiger partial charge in [-0.3, -0.25) is 4.79 Å². The van der Waals surface area contributed by atoms with Gasteiger partial charge in [0.1, 0.15) is 22.4 Å². The molecule has 2 heterocycles. The van der Waals surface area contributed by atoms with E-state index in [0.717, 1.165) is 64.0 Å². The van der Waals surface area contributed by atoms with Crippen LogP contribution in [0.25, 0.3) is 10.2 Å². The van der Waals surface area contributed by atoms with E-state index in [1.165, 1.54) is 39.2 Å². The van der Waals surface area contributed by atoms with E-state index in [4.69, 9.17) is 19.4 Å². The van der Waals surface area contributed by atoms with E-state index in [0.29, 0.717) is 25.7 Å². The number of esters is 1. The predicted molar refractivity (Wildman–Crippen MR) is 149 cm³/mol. The van der Waals surface area contributed by atoms with Crippen molar-refractivity contribution >= 4 is 44.8 Å². The number of fused-ring (bicyclic) bond motifs is 1. The third-order valence-corrected chi connectivity index (χ3v) is 7.58. The smallest absolute Gasteiger partial charge is 0.305 e.